The molecular weight excluding hydrogens is 244 g/mol. The predicted octanol–water partition coefficient (Wildman–Crippen LogP) is 3.08. The lowest BCUT2D eigenvalue weighted by molar-refractivity contribution is -0.158. The van der Waals surface area contributed by atoms with E-state index >= 15 is 0 Å². The highest BCUT2D eigenvalue weighted by molar-refractivity contribution is 5.58. The van der Waals surface area contributed by atoms with Gasteiger partial charge in [0.05, 0.1) is 6.10 Å². The molecule has 4 nitrogen and oxygen atoms in total. The van der Waals surface area contributed by atoms with E-state index in [0.717, 1.165) is 19.1 Å². The van der Waals surface area contributed by atoms with Crippen LogP contribution >= 0.6 is 0 Å². The Labute approximate surface area is 116 Å². The van der Waals surface area contributed by atoms with E-state index in [-0.39, 0.29) is 12.2 Å². The van der Waals surface area contributed by atoms with Gasteiger partial charge in [0, 0.05) is 7.11 Å². The molecule has 1 aliphatic heterocycles. The standard InChI is InChI=1S/C15H28O4/c1-5-6-7-8-9-10-12(17-4)14-13(11-16)18-15(2,3)19-14/h11-14H,5-10H2,1-4H3/t12-,13-,14+/m0/s1. The van der Waals surface area contributed by atoms with Gasteiger partial charge in [-0.2, -0.15) is 0 Å². The maximum Gasteiger partial charge on any atom is 0.164 e. The van der Waals surface area contributed by atoms with Crippen LogP contribution < -0.4 is 0 Å². The van der Waals surface area contributed by atoms with Crippen LogP contribution in [0.3, 0.4) is 0 Å². The van der Waals surface area contributed by atoms with Crippen molar-refractivity contribution in [1.82, 2.24) is 0 Å². The van der Waals surface area contributed by atoms with Crippen molar-refractivity contribution in [1.29, 1.82) is 0 Å². The lowest BCUT2D eigenvalue weighted by Crippen LogP contribution is -2.37. The van der Waals surface area contributed by atoms with Gasteiger partial charge in [0.1, 0.15) is 12.2 Å². The number of carbonyl (C=O) groups is 1. The normalized spacial score (nSPS) is 27.4. The summed E-state index contributed by atoms with van der Waals surface area (Å²) in [5.41, 5.74) is 0. The van der Waals surface area contributed by atoms with Crippen molar-refractivity contribution >= 4 is 6.29 Å². The van der Waals surface area contributed by atoms with Crippen LogP contribution in [-0.4, -0.2) is 37.5 Å². The molecule has 0 amide bonds. The molecule has 0 N–H and O–H groups in total. The van der Waals surface area contributed by atoms with E-state index in [0.29, 0.717) is 0 Å². The lowest BCUT2D eigenvalue weighted by atomic mass is 10.0. The van der Waals surface area contributed by atoms with Crippen LogP contribution in [0.25, 0.3) is 0 Å². The molecule has 0 aliphatic carbocycles. The van der Waals surface area contributed by atoms with Crippen LogP contribution in [0.2, 0.25) is 0 Å². The third kappa shape index (κ3) is 5.21. The summed E-state index contributed by atoms with van der Waals surface area (Å²) in [6, 6.07) is 0. The van der Waals surface area contributed by atoms with Crippen LogP contribution in [0.1, 0.15) is 59.3 Å². The Kier molecular flexibility index (Phi) is 6.97. The molecule has 112 valence electrons. The highest BCUT2D eigenvalue weighted by atomic mass is 16.8. The Hall–Kier alpha value is -0.450. The Morgan fingerprint density at radius 2 is 1.89 bits per heavy atom. The number of rotatable bonds is 9. The third-order valence-electron chi connectivity index (χ3n) is 3.56. The van der Waals surface area contributed by atoms with Gasteiger partial charge in [0.25, 0.3) is 0 Å². The molecule has 0 saturated carbocycles. The summed E-state index contributed by atoms with van der Waals surface area (Å²) in [4.78, 5) is 11.1. The molecule has 4 heteroatoms. The number of hydrogen-bond acceptors (Lipinski definition) is 4. The van der Waals surface area contributed by atoms with E-state index in [9.17, 15) is 4.79 Å². The Morgan fingerprint density at radius 3 is 2.47 bits per heavy atom. The molecule has 1 heterocycles. The molecule has 1 fully saturated rings. The first-order valence-electron chi connectivity index (χ1n) is 7.37. The van der Waals surface area contributed by atoms with Gasteiger partial charge in [-0.15, -0.1) is 0 Å². The molecule has 0 bridgehead atoms. The lowest BCUT2D eigenvalue weighted by Gasteiger charge is -2.24. The average molecular weight is 272 g/mol. The Balaban J connectivity index is 2.42. The number of hydrogen-bond donors (Lipinski definition) is 0. The summed E-state index contributed by atoms with van der Waals surface area (Å²) >= 11 is 0. The maximum atomic E-state index is 11.1. The largest absolute Gasteiger partial charge is 0.379 e. The van der Waals surface area contributed by atoms with E-state index in [1.165, 1.54) is 25.7 Å². The molecule has 1 aliphatic rings. The summed E-state index contributed by atoms with van der Waals surface area (Å²) in [6.07, 6.45) is 6.95. The third-order valence-corrected chi connectivity index (χ3v) is 3.56. The molecule has 0 radical (unpaired) electrons. The monoisotopic (exact) mass is 272 g/mol. The molecule has 0 spiro atoms. The molecule has 1 rings (SSSR count). The second-order valence-corrected chi connectivity index (χ2v) is 5.68. The fraction of sp³-hybridized carbons (Fsp3) is 0.933. The van der Waals surface area contributed by atoms with Crippen molar-refractivity contribution in [2.24, 2.45) is 0 Å². The van der Waals surface area contributed by atoms with Gasteiger partial charge >= 0.3 is 0 Å². The van der Waals surface area contributed by atoms with Gasteiger partial charge in [-0.05, 0) is 20.3 Å². The maximum absolute atomic E-state index is 11.1. The Morgan fingerprint density at radius 1 is 1.21 bits per heavy atom. The zero-order valence-corrected chi connectivity index (χ0v) is 12.7. The summed E-state index contributed by atoms with van der Waals surface area (Å²) in [6.45, 7) is 5.87. The highest BCUT2D eigenvalue weighted by Crippen LogP contribution is 2.31. The van der Waals surface area contributed by atoms with Crippen LogP contribution in [0.4, 0.5) is 0 Å². The van der Waals surface area contributed by atoms with E-state index in [1.54, 1.807) is 7.11 Å². The van der Waals surface area contributed by atoms with Gasteiger partial charge < -0.3 is 19.0 Å². The fourth-order valence-electron chi connectivity index (χ4n) is 2.58. The predicted molar refractivity (Wildman–Crippen MR) is 74.1 cm³/mol. The van der Waals surface area contributed by atoms with Crippen LogP contribution in [0.5, 0.6) is 0 Å². The van der Waals surface area contributed by atoms with Crippen molar-refractivity contribution in [3.05, 3.63) is 0 Å². The van der Waals surface area contributed by atoms with Gasteiger partial charge in [-0.3, -0.25) is 0 Å². The topological polar surface area (TPSA) is 44.8 Å². The van der Waals surface area contributed by atoms with Gasteiger partial charge in [-0.1, -0.05) is 39.0 Å². The van der Waals surface area contributed by atoms with Gasteiger partial charge in [-0.25, -0.2) is 0 Å². The molecule has 19 heavy (non-hydrogen) atoms. The smallest absolute Gasteiger partial charge is 0.164 e. The fourth-order valence-corrected chi connectivity index (χ4v) is 2.58. The van der Waals surface area contributed by atoms with Crippen molar-refractivity contribution < 1.29 is 19.0 Å². The summed E-state index contributed by atoms with van der Waals surface area (Å²) in [5.74, 6) is -0.699. The van der Waals surface area contributed by atoms with Crippen molar-refractivity contribution in [3.63, 3.8) is 0 Å². The minimum absolute atomic E-state index is 0.0707. The molecule has 3 atom stereocenters. The van der Waals surface area contributed by atoms with Crippen LogP contribution in [-0.2, 0) is 19.0 Å². The van der Waals surface area contributed by atoms with E-state index in [1.807, 2.05) is 13.8 Å². The van der Waals surface area contributed by atoms with E-state index in [4.69, 9.17) is 14.2 Å². The molecule has 0 aromatic heterocycles. The van der Waals surface area contributed by atoms with Gasteiger partial charge in [0.15, 0.2) is 12.1 Å². The first kappa shape index (κ1) is 16.6. The minimum atomic E-state index is -0.699. The van der Waals surface area contributed by atoms with E-state index < -0.39 is 11.9 Å². The molecule has 0 aromatic carbocycles. The van der Waals surface area contributed by atoms with Crippen LogP contribution in [0.15, 0.2) is 0 Å². The summed E-state index contributed by atoms with van der Waals surface area (Å²) in [7, 11) is 1.67. The van der Waals surface area contributed by atoms with Gasteiger partial charge in [0.2, 0.25) is 0 Å². The summed E-state index contributed by atoms with van der Waals surface area (Å²) in [5, 5.41) is 0. The minimum Gasteiger partial charge on any atom is -0.379 e. The summed E-state index contributed by atoms with van der Waals surface area (Å²) < 4.78 is 16.9. The first-order chi connectivity index (χ1) is 9.04. The van der Waals surface area contributed by atoms with Crippen molar-refractivity contribution in [2.75, 3.05) is 7.11 Å². The number of aldehydes is 1. The molecule has 0 aromatic rings. The van der Waals surface area contributed by atoms with E-state index in [2.05, 4.69) is 6.92 Å². The van der Waals surface area contributed by atoms with Crippen LogP contribution in [0, 0.1) is 0 Å². The average Bonchev–Trinajstić information content (AvgIpc) is 2.69. The highest BCUT2D eigenvalue weighted by Gasteiger charge is 2.45. The second kappa shape index (κ2) is 7.98. The number of methoxy groups -OCH3 is 1. The number of carbonyl (C=O) groups excluding carboxylic acids is 1. The zero-order valence-electron chi connectivity index (χ0n) is 12.7. The van der Waals surface area contributed by atoms with Crippen molar-refractivity contribution in [3.8, 4) is 0 Å². The molecular formula is C15H28O4. The zero-order chi connectivity index (χ0) is 14.3. The number of unbranched alkanes of at least 4 members (excludes halogenated alkanes) is 4. The molecule has 0 unspecified atom stereocenters. The quantitative estimate of drug-likeness (QED) is 0.478. The molecule has 1 saturated heterocycles. The SMILES string of the molecule is CCCCCCC[C@H](OC)[C@H]1OC(C)(C)O[C@H]1C=O. The second-order valence-electron chi connectivity index (χ2n) is 5.68. The number of ether oxygens (including phenoxy) is 3. The Bertz CT molecular complexity index is 265. The first-order valence-corrected chi connectivity index (χ1v) is 7.37. The van der Waals surface area contributed by atoms with Crippen molar-refractivity contribution in [2.45, 2.75) is 83.4 Å².